The highest BCUT2D eigenvalue weighted by molar-refractivity contribution is 5.94. The molecule has 0 bridgehead atoms. The molecule has 3 rings (SSSR count). The van der Waals surface area contributed by atoms with E-state index in [-0.39, 0.29) is 5.91 Å². The van der Waals surface area contributed by atoms with Gasteiger partial charge < -0.3 is 4.57 Å². The lowest BCUT2D eigenvalue weighted by molar-refractivity contribution is 0.0950. The molecule has 0 unspecified atom stereocenters. The molecule has 0 radical (unpaired) electrons. The maximum absolute atomic E-state index is 12.0. The lowest BCUT2D eigenvalue weighted by Crippen LogP contribution is -2.18. The van der Waals surface area contributed by atoms with Gasteiger partial charge in [0.05, 0.1) is 11.9 Å². The van der Waals surface area contributed by atoms with Crippen LogP contribution in [-0.2, 0) is 7.05 Å². The summed E-state index contributed by atoms with van der Waals surface area (Å²) in [5.41, 5.74) is 5.22. The molecule has 22 heavy (non-hydrogen) atoms. The molecule has 0 aliphatic rings. The first-order valence-electron chi connectivity index (χ1n) is 6.64. The van der Waals surface area contributed by atoms with Crippen LogP contribution in [0, 0.1) is 0 Å². The molecule has 7 nitrogen and oxygen atoms in total. The second-order valence-electron chi connectivity index (χ2n) is 4.66. The predicted molar refractivity (Wildman–Crippen MR) is 82.3 cm³/mol. The number of carbonyl (C=O) groups is 1. The summed E-state index contributed by atoms with van der Waals surface area (Å²) in [6.07, 6.45) is 6.77. The summed E-state index contributed by atoms with van der Waals surface area (Å²) < 4.78 is 1.93. The summed E-state index contributed by atoms with van der Waals surface area (Å²) in [4.78, 5) is 15.9. The van der Waals surface area contributed by atoms with Crippen molar-refractivity contribution in [3.05, 3.63) is 60.2 Å². The summed E-state index contributed by atoms with van der Waals surface area (Å²) in [5, 5.41) is 10.7. The molecule has 0 fully saturated rings. The van der Waals surface area contributed by atoms with Crippen molar-refractivity contribution in [2.24, 2.45) is 12.1 Å². The van der Waals surface area contributed by atoms with E-state index in [4.69, 9.17) is 0 Å². The molecule has 110 valence electrons. The Balaban J connectivity index is 1.67. The highest BCUT2D eigenvalue weighted by Gasteiger charge is 2.11. The molecule has 3 heterocycles. The standard InChI is InChI=1S/C15H14N6O/c1-21-7-3-5-14(21)12-8-13(19-18-12)15(22)20-17-10-11-4-2-6-16-9-11/h2-10H,1H3,(H,18,19)(H,20,22). The van der Waals surface area contributed by atoms with Gasteiger partial charge in [-0.3, -0.25) is 14.9 Å². The van der Waals surface area contributed by atoms with E-state index in [1.807, 2.05) is 36.0 Å². The van der Waals surface area contributed by atoms with Gasteiger partial charge in [-0.2, -0.15) is 10.2 Å². The molecule has 2 N–H and O–H groups in total. The van der Waals surface area contributed by atoms with Crippen molar-refractivity contribution in [2.45, 2.75) is 0 Å². The van der Waals surface area contributed by atoms with Crippen molar-refractivity contribution in [3.63, 3.8) is 0 Å². The fourth-order valence-electron chi connectivity index (χ4n) is 1.97. The molecule has 1 amide bonds. The number of aryl methyl sites for hydroxylation is 1. The number of hydrogen-bond donors (Lipinski definition) is 2. The van der Waals surface area contributed by atoms with Gasteiger partial charge in [-0.25, -0.2) is 5.43 Å². The zero-order chi connectivity index (χ0) is 15.4. The summed E-state index contributed by atoms with van der Waals surface area (Å²) in [7, 11) is 1.92. The van der Waals surface area contributed by atoms with E-state index in [2.05, 4.69) is 25.7 Å². The van der Waals surface area contributed by atoms with E-state index >= 15 is 0 Å². The van der Waals surface area contributed by atoms with Gasteiger partial charge >= 0.3 is 0 Å². The molecular formula is C15H14N6O. The topological polar surface area (TPSA) is 88.0 Å². The molecule has 3 aromatic rings. The van der Waals surface area contributed by atoms with Crippen LogP contribution in [0.1, 0.15) is 16.1 Å². The van der Waals surface area contributed by atoms with Crippen LogP contribution in [0.5, 0.6) is 0 Å². The number of hydrogen-bond acceptors (Lipinski definition) is 4. The largest absolute Gasteiger partial charge is 0.349 e. The number of nitrogens with one attached hydrogen (secondary N) is 2. The average Bonchev–Trinajstić information content (AvgIpc) is 3.17. The summed E-state index contributed by atoms with van der Waals surface area (Å²) in [6.45, 7) is 0. The van der Waals surface area contributed by atoms with Crippen molar-refractivity contribution in [1.82, 2.24) is 25.2 Å². The van der Waals surface area contributed by atoms with Gasteiger partial charge in [0.2, 0.25) is 0 Å². The molecule has 0 aliphatic heterocycles. The number of aromatic nitrogens is 4. The third kappa shape index (κ3) is 2.93. The summed E-state index contributed by atoms with van der Waals surface area (Å²) in [6, 6.07) is 9.17. The normalized spacial score (nSPS) is 11.0. The first-order chi connectivity index (χ1) is 10.7. The van der Waals surface area contributed by atoms with Crippen LogP contribution in [-0.4, -0.2) is 31.9 Å². The molecule has 0 aromatic carbocycles. The number of hydrazone groups is 1. The van der Waals surface area contributed by atoms with E-state index in [0.717, 1.165) is 11.3 Å². The quantitative estimate of drug-likeness (QED) is 0.565. The van der Waals surface area contributed by atoms with Crippen LogP contribution < -0.4 is 5.43 Å². The summed E-state index contributed by atoms with van der Waals surface area (Å²) in [5.74, 6) is -0.354. The Morgan fingerprint density at radius 3 is 3.05 bits per heavy atom. The van der Waals surface area contributed by atoms with Crippen molar-refractivity contribution in [1.29, 1.82) is 0 Å². The number of pyridine rings is 1. The Bertz CT molecular complexity index is 802. The van der Waals surface area contributed by atoms with Crippen molar-refractivity contribution in [2.75, 3.05) is 0 Å². The number of H-pyrrole nitrogens is 1. The zero-order valence-electron chi connectivity index (χ0n) is 11.9. The second kappa shape index (κ2) is 6.04. The van der Waals surface area contributed by atoms with E-state index in [0.29, 0.717) is 11.4 Å². The van der Waals surface area contributed by atoms with Crippen LogP contribution in [0.25, 0.3) is 11.4 Å². The van der Waals surface area contributed by atoms with E-state index < -0.39 is 0 Å². The van der Waals surface area contributed by atoms with Gasteiger partial charge in [0.1, 0.15) is 11.4 Å². The van der Waals surface area contributed by atoms with Crippen LogP contribution in [0.2, 0.25) is 0 Å². The molecule has 3 aromatic heterocycles. The average molecular weight is 294 g/mol. The smallest absolute Gasteiger partial charge is 0.289 e. The van der Waals surface area contributed by atoms with Crippen molar-refractivity contribution in [3.8, 4) is 11.4 Å². The van der Waals surface area contributed by atoms with Crippen molar-refractivity contribution >= 4 is 12.1 Å². The lowest BCUT2D eigenvalue weighted by atomic mass is 10.3. The first-order valence-corrected chi connectivity index (χ1v) is 6.64. The SMILES string of the molecule is Cn1cccc1-c1cc(C(=O)NN=Cc2cccnc2)[nH]n1. The van der Waals surface area contributed by atoms with Gasteiger partial charge in [0.25, 0.3) is 5.91 Å². The number of aromatic amines is 1. The third-order valence-electron chi connectivity index (χ3n) is 3.09. The maximum atomic E-state index is 12.0. The Morgan fingerprint density at radius 1 is 1.41 bits per heavy atom. The zero-order valence-corrected chi connectivity index (χ0v) is 11.9. The van der Waals surface area contributed by atoms with Crippen molar-refractivity contribution < 1.29 is 4.79 Å². The molecule has 7 heteroatoms. The first kappa shape index (κ1) is 13.7. The Morgan fingerprint density at radius 2 is 2.32 bits per heavy atom. The van der Waals surface area contributed by atoms with Gasteiger partial charge in [-0.05, 0) is 24.3 Å². The minimum absolute atomic E-state index is 0.347. The van der Waals surface area contributed by atoms with Gasteiger partial charge in [0, 0.05) is 31.2 Å². The van der Waals surface area contributed by atoms with Gasteiger partial charge in [0.15, 0.2) is 0 Å². The molecule has 0 saturated heterocycles. The molecule has 0 atom stereocenters. The maximum Gasteiger partial charge on any atom is 0.289 e. The molecular weight excluding hydrogens is 280 g/mol. The monoisotopic (exact) mass is 294 g/mol. The highest BCUT2D eigenvalue weighted by atomic mass is 16.2. The molecule has 0 spiro atoms. The Labute approximate surface area is 126 Å². The van der Waals surface area contributed by atoms with Crippen LogP contribution >= 0.6 is 0 Å². The lowest BCUT2D eigenvalue weighted by Gasteiger charge is -1.97. The number of carbonyl (C=O) groups excluding carboxylic acids is 1. The molecule has 0 aliphatic carbocycles. The Hall–Kier alpha value is -3.22. The Kier molecular flexibility index (Phi) is 3.78. The number of amides is 1. The van der Waals surface area contributed by atoms with Gasteiger partial charge in [-0.1, -0.05) is 6.07 Å². The minimum atomic E-state index is -0.354. The van der Waals surface area contributed by atoms with Crippen LogP contribution in [0.3, 0.4) is 0 Å². The predicted octanol–water partition coefficient (Wildman–Crippen LogP) is 1.57. The van der Waals surface area contributed by atoms with E-state index in [1.54, 1.807) is 24.5 Å². The fourth-order valence-corrected chi connectivity index (χ4v) is 1.97. The van der Waals surface area contributed by atoms with E-state index in [1.165, 1.54) is 6.21 Å². The highest BCUT2D eigenvalue weighted by Crippen LogP contribution is 2.17. The second-order valence-corrected chi connectivity index (χ2v) is 4.66. The fraction of sp³-hybridized carbons (Fsp3) is 0.0667. The third-order valence-corrected chi connectivity index (χ3v) is 3.09. The van der Waals surface area contributed by atoms with Crippen LogP contribution in [0.15, 0.2) is 54.0 Å². The van der Waals surface area contributed by atoms with Crippen LogP contribution in [0.4, 0.5) is 0 Å². The van der Waals surface area contributed by atoms with Gasteiger partial charge in [-0.15, -0.1) is 0 Å². The number of rotatable bonds is 4. The molecule has 0 saturated carbocycles. The summed E-state index contributed by atoms with van der Waals surface area (Å²) >= 11 is 0. The minimum Gasteiger partial charge on any atom is -0.349 e. The number of nitrogens with zero attached hydrogens (tertiary/aromatic N) is 4. The van der Waals surface area contributed by atoms with E-state index in [9.17, 15) is 4.79 Å².